The molecule has 1 saturated heterocycles. The van der Waals surface area contributed by atoms with Gasteiger partial charge < -0.3 is 9.80 Å². The number of nitrogens with zero attached hydrogens (tertiary/aromatic N) is 2. The van der Waals surface area contributed by atoms with E-state index in [-0.39, 0.29) is 11.5 Å². The fourth-order valence-corrected chi connectivity index (χ4v) is 6.62. The van der Waals surface area contributed by atoms with Crippen molar-refractivity contribution in [1.82, 2.24) is 9.80 Å². The summed E-state index contributed by atoms with van der Waals surface area (Å²) in [5.74, 6) is 0.324. The summed E-state index contributed by atoms with van der Waals surface area (Å²) in [6, 6.07) is 18.0. The molecule has 2 aromatic rings. The quantitative estimate of drug-likeness (QED) is 0.576. The van der Waals surface area contributed by atoms with Crippen LogP contribution in [0.4, 0.5) is 0 Å². The van der Waals surface area contributed by atoms with Crippen molar-refractivity contribution in [2.75, 3.05) is 26.7 Å². The fraction of sp³-hybridized carbons (Fsp3) is 0.567. The van der Waals surface area contributed by atoms with Crippen LogP contribution in [-0.2, 0) is 22.0 Å². The number of likely N-dealkylation sites (N-methyl/N-ethyl adjacent to an activating group) is 1. The highest BCUT2D eigenvalue weighted by molar-refractivity contribution is 5.89. The molecule has 0 bridgehead atoms. The van der Waals surface area contributed by atoms with Crippen LogP contribution in [-0.4, -0.2) is 48.4 Å². The lowest BCUT2D eigenvalue weighted by Crippen LogP contribution is -2.52. The normalized spacial score (nSPS) is 21.9. The van der Waals surface area contributed by atoms with E-state index in [1.165, 1.54) is 49.9 Å². The van der Waals surface area contributed by atoms with Gasteiger partial charge in [-0.15, -0.1) is 0 Å². The summed E-state index contributed by atoms with van der Waals surface area (Å²) >= 11 is 0. The molecule has 1 amide bonds. The molecule has 5 rings (SSSR count). The lowest BCUT2D eigenvalue weighted by atomic mass is 9.63. The molecule has 33 heavy (non-hydrogen) atoms. The van der Waals surface area contributed by atoms with Crippen molar-refractivity contribution in [1.29, 1.82) is 0 Å². The molecular formula is C30H40N2O. The van der Waals surface area contributed by atoms with Crippen molar-refractivity contribution in [3.8, 4) is 0 Å². The van der Waals surface area contributed by atoms with Crippen LogP contribution < -0.4 is 0 Å². The first-order valence-corrected chi connectivity index (χ1v) is 13.1. The van der Waals surface area contributed by atoms with E-state index in [0.29, 0.717) is 11.3 Å². The zero-order chi connectivity index (χ0) is 23.1. The number of carbonyl (C=O) groups is 1. The minimum Gasteiger partial charge on any atom is -0.342 e. The maximum absolute atomic E-state index is 13.6. The topological polar surface area (TPSA) is 23.6 Å². The molecule has 0 radical (unpaired) electrons. The van der Waals surface area contributed by atoms with Gasteiger partial charge in [0.2, 0.25) is 5.91 Å². The Morgan fingerprint density at radius 2 is 1.70 bits per heavy atom. The van der Waals surface area contributed by atoms with Gasteiger partial charge in [-0.05, 0) is 94.0 Å². The van der Waals surface area contributed by atoms with Crippen LogP contribution in [0.25, 0.3) is 0 Å². The largest absolute Gasteiger partial charge is 0.342 e. The van der Waals surface area contributed by atoms with Gasteiger partial charge in [0, 0.05) is 19.6 Å². The summed E-state index contributed by atoms with van der Waals surface area (Å²) in [4.78, 5) is 18.3. The molecular weight excluding hydrogens is 404 g/mol. The summed E-state index contributed by atoms with van der Waals surface area (Å²) in [6.45, 7) is 7.81. The van der Waals surface area contributed by atoms with Crippen LogP contribution in [0.1, 0.15) is 74.1 Å². The highest BCUT2D eigenvalue weighted by atomic mass is 16.2. The molecule has 0 aromatic heterocycles. The van der Waals surface area contributed by atoms with Crippen molar-refractivity contribution in [3.05, 3.63) is 70.8 Å². The Hall–Kier alpha value is -2.13. The minimum absolute atomic E-state index is 0.267. The number of aryl methyl sites for hydroxylation is 2. The Balaban J connectivity index is 1.16. The highest BCUT2D eigenvalue weighted by Crippen LogP contribution is 2.47. The zero-order valence-corrected chi connectivity index (χ0v) is 20.8. The van der Waals surface area contributed by atoms with Gasteiger partial charge in [-0.25, -0.2) is 0 Å². The van der Waals surface area contributed by atoms with E-state index < -0.39 is 0 Å². The molecule has 176 valence electrons. The average molecular weight is 445 g/mol. The van der Waals surface area contributed by atoms with Crippen LogP contribution >= 0.6 is 0 Å². The molecule has 1 heterocycles. The van der Waals surface area contributed by atoms with Crippen molar-refractivity contribution >= 4 is 5.91 Å². The lowest BCUT2D eigenvalue weighted by Gasteiger charge is -2.45. The number of hydrogen-bond donors (Lipinski definition) is 0. The van der Waals surface area contributed by atoms with Gasteiger partial charge in [0.25, 0.3) is 0 Å². The fourth-order valence-electron chi connectivity index (χ4n) is 6.62. The average Bonchev–Trinajstić information content (AvgIpc) is 3.16. The predicted octanol–water partition coefficient (Wildman–Crippen LogP) is 5.63. The van der Waals surface area contributed by atoms with Gasteiger partial charge in [-0.3, -0.25) is 4.79 Å². The Morgan fingerprint density at radius 1 is 1.00 bits per heavy atom. The summed E-state index contributed by atoms with van der Waals surface area (Å²) in [7, 11) is 2.03. The van der Waals surface area contributed by atoms with Crippen LogP contribution in [0.2, 0.25) is 0 Å². The van der Waals surface area contributed by atoms with Gasteiger partial charge in [0.1, 0.15) is 0 Å². The third kappa shape index (κ3) is 4.03. The van der Waals surface area contributed by atoms with Gasteiger partial charge in [0.15, 0.2) is 0 Å². The maximum Gasteiger partial charge on any atom is 0.233 e. The number of rotatable bonds is 6. The number of benzene rings is 2. The molecule has 2 aromatic carbocycles. The second-order valence-electron chi connectivity index (χ2n) is 11.1. The molecule has 1 aliphatic heterocycles. The van der Waals surface area contributed by atoms with E-state index in [9.17, 15) is 4.79 Å². The standard InChI is InChI=1S/C30H40N2O/c1-23-9-11-26(12-10-23)30(15-6-16-30)28(33)31(3)24(2)14-20-32-21-18-29(19-22-32)17-13-25-7-4-5-8-27(25)29/h4-5,7-12,24H,6,13-22H2,1-3H3. The van der Waals surface area contributed by atoms with Gasteiger partial charge in [-0.1, -0.05) is 60.5 Å². The van der Waals surface area contributed by atoms with E-state index >= 15 is 0 Å². The number of piperidine rings is 1. The number of hydrogen-bond acceptors (Lipinski definition) is 2. The number of fused-ring (bicyclic) bond motifs is 2. The van der Waals surface area contributed by atoms with Crippen LogP contribution in [0.5, 0.6) is 0 Å². The molecule has 1 spiro atoms. The number of likely N-dealkylation sites (tertiary alicyclic amines) is 1. The highest BCUT2D eigenvalue weighted by Gasteiger charge is 2.47. The SMILES string of the molecule is Cc1ccc(C2(C(=O)N(C)C(C)CCN3CCC4(CCc5ccccc54)CC3)CCC2)cc1. The number of amides is 1. The molecule has 0 N–H and O–H groups in total. The Bertz CT molecular complexity index is 983. The summed E-state index contributed by atoms with van der Waals surface area (Å²) in [5.41, 5.74) is 5.82. The molecule has 1 unspecified atom stereocenters. The first kappa shape index (κ1) is 22.7. The first-order valence-electron chi connectivity index (χ1n) is 13.1. The van der Waals surface area contributed by atoms with E-state index in [0.717, 1.165) is 32.2 Å². The third-order valence-electron chi connectivity index (χ3n) is 9.34. The van der Waals surface area contributed by atoms with Crippen molar-refractivity contribution < 1.29 is 4.79 Å². The van der Waals surface area contributed by atoms with E-state index in [1.807, 2.05) is 7.05 Å². The maximum atomic E-state index is 13.6. The molecule has 3 nitrogen and oxygen atoms in total. The Labute approximate surface area is 200 Å². The predicted molar refractivity (Wildman–Crippen MR) is 136 cm³/mol. The van der Waals surface area contributed by atoms with Crippen LogP contribution in [0.3, 0.4) is 0 Å². The van der Waals surface area contributed by atoms with Crippen molar-refractivity contribution in [2.24, 2.45) is 0 Å². The monoisotopic (exact) mass is 444 g/mol. The van der Waals surface area contributed by atoms with Crippen molar-refractivity contribution in [3.63, 3.8) is 0 Å². The summed E-state index contributed by atoms with van der Waals surface area (Å²) in [6.07, 6.45) is 9.32. The van der Waals surface area contributed by atoms with E-state index in [1.54, 1.807) is 11.1 Å². The lowest BCUT2D eigenvalue weighted by molar-refractivity contribution is -0.141. The number of carbonyl (C=O) groups excluding carboxylic acids is 1. The second kappa shape index (κ2) is 8.91. The molecule has 3 aliphatic rings. The second-order valence-corrected chi connectivity index (χ2v) is 11.1. The first-order chi connectivity index (χ1) is 15.9. The summed E-state index contributed by atoms with van der Waals surface area (Å²) in [5, 5.41) is 0. The van der Waals surface area contributed by atoms with Gasteiger partial charge >= 0.3 is 0 Å². The molecule has 3 heteroatoms. The third-order valence-corrected chi connectivity index (χ3v) is 9.34. The van der Waals surface area contributed by atoms with E-state index in [4.69, 9.17) is 0 Å². The smallest absolute Gasteiger partial charge is 0.233 e. The Morgan fingerprint density at radius 3 is 2.36 bits per heavy atom. The van der Waals surface area contributed by atoms with Crippen molar-refractivity contribution in [2.45, 2.75) is 82.1 Å². The van der Waals surface area contributed by atoms with E-state index in [2.05, 4.69) is 72.2 Å². The minimum atomic E-state index is -0.288. The zero-order valence-electron chi connectivity index (χ0n) is 20.8. The molecule has 2 aliphatic carbocycles. The molecule has 1 atom stereocenters. The Kier molecular flexibility index (Phi) is 6.11. The summed E-state index contributed by atoms with van der Waals surface area (Å²) < 4.78 is 0. The van der Waals surface area contributed by atoms with Crippen LogP contribution in [0.15, 0.2) is 48.5 Å². The van der Waals surface area contributed by atoms with Gasteiger partial charge in [0.05, 0.1) is 5.41 Å². The van der Waals surface area contributed by atoms with Gasteiger partial charge in [-0.2, -0.15) is 0 Å². The van der Waals surface area contributed by atoms with Crippen LogP contribution in [0, 0.1) is 6.92 Å². The molecule has 2 fully saturated rings. The molecule has 1 saturated carbocycles.